The molecule has 1 amide bonds. The number of nitrogens with one attached hydrogen (secondary N) is 1. The summed E-state index contributed by atoms with van der Waals surface area (Å²) in [6.07, 6.45) is 3.96. The fraction of sp³-hybridized carbons (Fsp3) is 0.600. The lowest BCUT2D eigenvalue weighted by Gasteiger charge is -2.19. The van der Waals surface area contributed by atoms with Crippen molar-refractivity contribution >= 4 is 11.9 Å². The van der Waals surface area contributed by atoms with Gasteiger partial charge >= 0.3 is 5.97 Å². The van der Waals surface area contributed by atoms with E-state index in [1.165, 1.54) is 6.92 Å². The Kier molecular flexibility index (Phi) is 3.85. The van der Waals surface area contributed by atoms with Crippen molar-refractivity contribution in [1.29, 1.82) is 0 Å². The van der Waals surface area contributed by atoms with E-state index in [0.29, 0.717) is 12.8 Å². The average molecular weight is 213 g/mol. The molecule has 0 saturated heterocycles. The minimum Gasteiger partial charge on any atom is -0.480 e. The highest BCUT2D eigenvalue weighted by molar-refractivity contribution is 5.85. The minimum absolute atomic E-state index is 0.189. The van der Waals surface area contributed by atoms with Gasteiger partial charge in [0.1, 0.15) is 0 Å². The summed E-state index contributed by atoms with van der Waals surface area (Å²) in [4.78, 5) is 22.2. The molecule has 1 aliphatic rings. The third-order valence-electron chi connectivity index (χ3n) is 2.42. The molecule has 84 valence electrons. The first-order chi connectivity index (χ1) is 7.02. The van der Waals surface area contributed by atoms with Gasteiger partial charge in [0.25, 0.3) is 0 Å². The molecular formula is C10H15NO4. The monoisotopic (exact) mass is 213 g/mol. The van der Waals surface area contributed by atoms with Crippen molar-refractivity contribution in [3.8, 4) is 0 Å². The van der Waals surface area contributed by atoms with Gasteiger partial charge in [-0.2, -0.15) is 0 Å². The molecule has 5 nitrogen and oxygen atoms in total. The summed E-state index contributed by atoms with van der Waals surface area (Å²) in [5.41, 5.74) is 0. The van der Waals surface area contributed by atoms with Gasteiger partial charge in [0, 0.05) is 5.92 Å². The topological polar surface area (TPSA) is 86.6 Å². The van der Waals surface area contributed by atoms with Gasteiger partial charge in [-0.1, -0.05) is 12.2 Å². The fourth-order valence-corrected chi connectivity index (χ4v) is 1.49. The number of rotatable bonds is 4. The van der Waals surface area contributed by atoms with E-state index in [2.05, 4.69) is 5.32 Å². The smallest absolute Gasteiger partial charge is 0.328 e. The Balaban J connectivity index is 2.51. The van der Waals surface area contributed by atoms with Gasteiger partial charge in [0.05, 0.1) is 6.10 Å². The maximum Gasteiger partial charge on any atom is 0.328 e. The largest absolute Gasteiger partial charge is 0.480 e. The Morgan fingerprint density at radius 1 is 1.40 bits per heavy atom. The van der Waals surface area contributed by atoms with Crippen LogP contribution in [0.15, 0.2) is 12.2 Å². The van der Waals surface area contributed by atoms with E-state index < -0.39 is 18.1 Å². The number of carbonyl (C=O) groups excluding carboxylic acids is 1. The lowest BCUT2D eigenvalue weighted by molar-refractivity contribution is -0.145. The fourth-order valence-electron chi connectivity index (χ4n) is 1.49. The summed E-state index contributed by atoms with van der Waals surface area (Å²) < 4.78 is 0. The molecule has 0 radical (unpaired) electrons. The van der Waals surface area contributed by atoms with E-state index in [1.807, 2.05) is 12.2 Å². The zero-order valence-corrected chi connectivity index (χ0v) is 8.51. The molecule has 0 bridgehead atoms. The summed E-state index contributed by atoms with van der Waals surface area (Å²) in [7, 11) is 0. The molecule has 0 aliphatic heterocycles. The van der Waals surface area contributed by atoms with Crippen molar-refractivity contribution in [3.05, 3.63) is 12.2 Å². The maximum atomic E-state index is 11.5. The van der Waals surface area contributed by atoms with Gasteiger partial charge in [0.15, 0.2) is 6.04 Å². The van der Waals surface area contributed by atoms with Crippen molar-refractivity contribution in [3.63, 3.8) is 0 Å². The van der Waals surface area contributed by atoms with E-state index in [4.69, 9.17) is 10.2 Å². The first-order valence-corrected chi connectivity index (χ1v) is 4.88. The van der Waals surface area contributed by atoms with E-state index >= 15 is 0 Å². The normalized spacial score (nSPS) is 19.9. The predicted octanol–water partition coefficient (Wildman–Crippen LogP) is -0.0972. The third-order valence-corrected chi connectivity index (χ3v) is 2.42. The number of hydrogen-bond acceptors (Lipinski definition) is 3. The molecule has 0 aromatic carbocycles. The van der Waals surface area contributed by atoms with Crippen molar-refractivity contribution in [1.82, 2.24) is 5.32 Å². The van der Waals surface area contributed by atoms with Crippen LogP contribution in [0.3, 0.4) is 0 Å². The van der Waals surface area contributed by atoms with Crippen LogP contribution in [0.5, 0.6) is 0 Å². The summed E-state index contributed by atoms with van der Waals surface area (Å²) in [6.45, 7) is 1.34. The van der Waals surface area contributed by atoms with Gasteiger partial charge in [0.2, 0.25) is 5.91 Å². The minimum atomic E-state index is -1.22. The molecular weight excluding hydrogens is 198 g/mol. The van der Waals surface area contributed by atoms with Crippen molar-refractivity contribution < 1.29 is 19.8 Å². The van der Waals surface area contributed by atoms with Gasteiger partial charge < -0.3 is 15.5 Å². The van der Waals surface area contributed by atoms with Crippen molar-refractivity contribution in [2.75, 3.05) is 0 Å². The Hall–Kier alpha value is -1.36. The van der Waals surface area contributed by atoms with Gasteiger partial charge in [-0.05, 0) is 19.8 Å². The zero-order chi connectivity index (χ0) is 11.4. The number of carboxylic acid groups (broad SMARTS) is 1. The number of aliphatic carboxylic acids is 1. The summed E-state index contributed by atoms with van der Waals surface area (Å²) in [6, 6.07) is -1.22. The number of allylic oxidation sites excluding steroid dienone is 2. The SMILES string of the molecule is C[C@@H](O)[C@H](NC(=O)C1CC=CC1)C(=O)O. The third kappa shape index (κ3) is 3.06. The van der Waals surface area contributed by atoms with Crippen LogP contribution < -0.4 is 5.32 Å². The quantitative estimate of drug-likeness (QED) is 0.569. The summed E-state index contributed by atoms with van der Waals surface area (Å²) >= 11 is 0. The lowest BCUT2D eigenvalue weighted by atomic mass is 10.1. The molecule has 2 atom stereocenters. The summed E-state index contributed by atoms with van der Waals surface area (Å²) in [5.74, 6) is -1.72. The lowest BCUT2D eigenvalue weighted by Crippen LogP contribution is -2.49. The molecule has 5 heteroatoms. The Bertz CT molecular complexity index is 277. The molecule has 0 saturated carbocycles. The van der Waals surface area contributed by atoms with Crippen LogP contribution in [0, 0.1) is 5.92 Å². The van der Waals surface area contributed by atoms with Crippen molar-refractivity contribution in [2.24, 2.45) is 5.92 Å². The van der Waals surface area contributed by atoms with Crippen LogP contribution in [0.25, 0.3) is 0 Å². The zero-order valence-electron chi connectivity index (χ0n) is 8.51. The van der Waals surface area contributed by atoms with Crippen LogP contribution in [0.1, 0.15) is 19.8 Å². The van der Waals surface area contributed by atoms with Gasteiger partial charge in [-0.25, -0.2) is 4.79 Å². The van der Waals surface area contributed by atoms with E-state index in [0.717, 1.165) is 0 Å². The van der Waals surface area contributed by atoms with E-state index in [-0.39, 0.29) is 11.8 Å². The Morgan fingerprint density at radius 3 is 2.33 bits per heavy atom. The van der Waals surface area contributed by atoms with Crippen LogP contribution >= 0.6 is 0 Å². The predicted molar refractivity (Wildman–Crippen MR) is 53.1 cm³/mol. The molecule has 3 N–H and O–H groups in total. The second-order valence-corrected chi connectivity index (χ2v) is 3.70. The molecule has 0 heterocycles. The van der Waals surface area contributed by atoms with Crippen LogP contribution in [-0.4, -0.2) is 34.2 Å². The highest BCUT2D eigenvalue weighted by atomic mass is 16.4. The van der Waals surface area contributed by atoms with E-state index in [1.54, 1.807) is 0 Å². The Morgan fingerprint density at radius 2 is 1.93 bits per heavy atom. The number of carbonyl (C=O) groups is 2. The second kappa shape index (κ2) is 4.93. The molecule has 0 fully saturated rings. The standard InChI is InChI=1S/C10H15NO4/c1-6(12)8(10(14)15)11-9(13)7-4-2-3-5-7/h2-3,6-8,12H,4-5H2,1H3,(H,11,13)(H,14,15)/t6-,8+/m1/s1. The van der Waals surface area contributed by atoms with Crippen LogP contribution in [0.4, 0.5) is 0 Å². The van der Waals surface area contributed by atoms with E-state index in [9.17, 15) is 9.59 Å². The van der Waals surface area contributed by atoms with Crippen molar-refractivity contribution in [2.45, 2.75) is 31.9 Å². The number of aliphatic hydroxyl groups is 1. The van der Waals surface area contributed by atoms with Gasteiger partial charge in [-0.15, -0.1) is 0 Å². The number of hydrogen-bond donors (Lipinski definition) is 3. The molecule has 0 spiro atoms. The number of amides is 1. The first-order valence-electron chi connectivity index (χ1n) is 4.88. The van der Waals surface area contributed by atoms with Crippen LogP contribution in [0.2, 0.25) is 0 Å². The molecule has 0 unspecified atom stereocenters. The second-order valence-electron chi connectivity index (χ2n) is 3.70. The molecule has 0 aromatic heterocycles. The number of aliphatic hydroxyl groups excluding tert-OH is 1. The average Bonchev–Trinajstić information content (AvgIpc) is 2.65. The molecule has 1 aliphatic carbocycles. The molecule has 15 heavy (non-hydrogen) atoms. The van der Waals surface area contributed by atoms with Gasteiger partial charge in [-0.3, -0.25) is 4.79 Å². The highest BCUT2D eigenvalue weighted by Crippen LogP contribution is 2.17. The highest BCUT2D eigenvalue weighted by Gasteiger charge is 2.28. The maximum absolute atomic E-state index is 11.5. The first kappa shape index (κ1) is 11.7. The Labute approximate surface area is 87.8 Å². The number of carboxylic acids is 1. The van der Waals surface area contributed by atoms with Crippen LogP contribution in [-0.2, 0) is 9.59 Å². The molecule has 0 aromatic rings. The summed E-state index contributed by atoms with van der Waals surface area (Å²) in [5, 5.41) is 20.2. The molecule has 1 rings (SSSR count).